The van der Waals surface area contributed by atoms with Crippen LogP contribution in [0, 0.1) is 6.92 Å². The van der Waals surface area contributed by atoms with E-state index < -0.39 is 0 Å². The van der Waals surface area contributed by atoms with E-state index >= 15 is 0 Å². The second kappa shape index (κ2) is 6.09. The van der Waals surface area contributed by atoms with Crippen molar-refractivity contribution in [2.24, 2.45) is 0 Å². The van der Waals surface area contributed by atoms with Gasteiger partial charge in [0, 0.05) is 5.02 Å². The van der Waals surface area contributed by atoms with Crippen molar-refractivity contribution in [3.63, 3.8) is 0 Å². The summed E-state index contributed by atoms with van der Waals surface area (Å²) in [4.78, 5) is 0. The Morgan fingerprint density at radius 1 is 1.05 bits per heavy atom. The Balaban J connectivity index is 2.23. The van der Waals surface area contributed by atoms with Crippen molar-refractivity contribution >= 4 is 11.6 Å². The Kier molecular flexibility index (Phi) is 4.46. The highest BCUT2D eigenvalue weighted by molar-refractivity contribution is 6.31. The lowest BCUT2D eigenvalue weighted by molar-refractivity contribution is 0.281. The van der Waals surface area contributed by atoms with E-state index in [0.29, 0.717) is 0 Å². The third-order valence-corrected chi connectivity index (χ3v) is 3.49. The third kappa shape index (κ3) is 3.28. The van der Waals surface area contributed by atoms with Gasteiger partial charge in [0.15, 0.2) is 0 Å². The zero-order valence-electron chi connectivity index (χ0n) is 11.1. The minimum atomic E-state index is 0.0487. The van der Waals surface area contributed by atoms with E-state index in [4.69, 9.17) is 21.4 Å². The molecule has 0 atom stereocenters. The number of ether oxygens (including phenoxy) is 1. The van der Waals surface area contributed by atoms with Crippen LogP contribution in [0.3, 0.4) is 0 Å². The zero-order chi connectivity index (χ0) is 13.8. The third-order valence-electron chi connectivity index (χ3n) is 3.12. The molecule has 0 aliphatic rings. The number of halogens is 1. The van der Waals surface area contributed by atoms with Crippen LogP contribution in [0.1, 0.15) is 23.6 Å². The van der Waals surface area contributed by atoms with Crippen molar-refractivity contribution in [2.75, 3.05) is 0 Å². The molecule has 0 saturated carbocycles. The minimum absolute atomic E-state index is 0.0487. The van der Waals surface area contributed by atoms with E-state index in [1.807, 2.05) is 43.3 Å². The predicted octanol–water partition coefficient (Wildman–Crippen LogP) is 4.50. The van der Waals surface area contributed by atoms with Crippen LogP contribution in [0.15, 0.2) is 36.4 Å². The fraction of sp³-hybridized carbons (Fsp3) is 0.250. The summed E-state index contributed by atoms with van der Waals surface area (Å²) in [6, 6.07) is 11.3. The molecule has 0 radical (unpaired) electrons. The molecule has 2 nitrogen and oxygen atoms in total. The summed E-state index contributed by atoms with van der Waals surface area (Å²) in [5.74, 6) is 1.54. The predicted molar refractivity (Wildman–Crippen MR) is 78.0 cm³/mol. The maximum atomic E-state index is 9.14. The second-order valence-electron chi connectivity index (χ2n) is 4.46. The molecule has 0 heterocycles. The molecule has 0 aromatic heterocycles. The molecule has 19 heavy (non-hydrogen) atoms. The quantitative estimate of drug-likeness (QED) is 0.891. The molecule has 0 amide bonds. The van der Waals surface area contributed by atoms with Crippen LogP contribution >= 0.6 is 11.6 Å². The molecule has 2 rings (SSSR count). The summed E-state index contributed by atoms with van der Waals surface area (Å²) >= 11 is 6.08. The van der Waals surface area contributed by atoms with Gasteiger partial charge in [-0.1, -0.05) is 24.6 Å². The summed E-state index contributed by atoms with van der Waals surface area (Å²) in [5.41, 5.74) is 3.00. The highest BCUT2D eigenvalue weighted by Crippen LogP contribution is 2.27. The maximum absolute atomic E-state index is 9.14. The van der Waals surface area contributed by atoms with Crippen LogP contribution in [-0.4, -0.2) is 5.11 Å². The van der Waals surface area contributed by atoms with Gasteiger partial charge in [-0.2, -0.15) is 0 Å². The average molecular weight is 277 g/mol. The van der Waals surface area contributed by atoms with Gasteiger partial charge >= 0.3 is 0 Å². The van der Waals surface area contributed by atoms with E-state index in [1.54, 1.807) is 0 Å². The molecule has 0 spiro atoms. The standard InChI is InChI=1S/C16H17ClO2/c1-3-12-9-15(6-7-16(12)17)19-14-5-4-13(10-18)11(2)8-14/h4-9,18H,3,10H2,1-2H3. The van der Waals surface area contributed by atoms with Crippen LogP contribution in [0.25, 0.3) is 0 Å². The normalized spacial score (nSPS) is 10.5. The number of aliphatic hydroxyl groups is 1. The highest BCUT2D eigenvalue weighted by Gasteiger charge is 2.04. The Morgan fingerprint density at radius 2 is 1.74 bits per heavy atom. The van der Waals surface area contributed by atoms with Crippen molar-refractivity contribution in [1.29, 1.82) is 0 Å². The lowest BCUT2D eigenvalue weighted by Crippen LogP contribution is -1.91. The monoisotopic (exact) mass is 276 g/mol. The van der Waals surface area contributed by atoms with Gasteiger partial charge in [0.2, 0.25) is 0 Å². The number of aryl methyl sites for hydroxylation is 2. The average Bonchev–Trinajstić information content (AvgIpc) is 2.41. The first kappa shape index (κ1) is 13.9. The van der Waals surface area contributed by atoms with E-state index in [0.717, 1.165) is 39.6 Å². The van der Waals surface area contributed by atoms with Gasteiger partial charge in [0.1, 0.15) is 11.5 Å². The summed E-state index contributed by atoms with van der Waals surface area (Å²) in [5, 5.41) is 9.91. The van der Waals surface area contributed by atoms with Gasteiger partial charge in [-0.15, -0.1) is 0 Å². The van der Waals surface area contributed by atoms with E-state index in [9.17, 15) is 0 Å². The number of aliphatic hydroxyl groups excluding tert-OH is 1. The second-order valence-corrected chi connectivity index (χ2v) is 4.86. The topological polar surface area (TPSA) is 29.5 Å². The van der Waals surface area contributed by atoms with Gasteiger partial charge in [0.25, 0.3) is 0 Å². The molecule has 2 aromatic carbocycles. The molecule has 2 aromatic rings. The molecule has 3 heteroatoms. The first-order valence-electron chi connectivity index (χ1n) is 6.30. The maximum Gasteiger partial charge on any atom is 0.127 e. The molecule has 1 N–H and O–H groups in total. The van der Waals surface area contributed by atoms with Gasteiger partial charge in [-0.25, -0.2) is 0 Å². The number of hydrogen-bond donors (Lipinski definition) is 1. The molecule has 0 aliphatic carbocycles. The summed E-state index contributed by atoms with van der Waals surface area (Å²) in [7, 11) is 0. The molecule has 0 unspecified atom stereocenters. The molecule has 0 fully saturated rings. The lowest BCUT2D eigenvalue weighted by atomic mass is 10.1. The smallest absolute Gasteiger partial charge is 0.127 e. The zero-order valence-corrected chi connectivity index (χ0v) is 11.9. The van der Waals surface area contributed by atoms with Crippen molar-refractivity contribution < 1.29 is 9.84 Å². The first-order valence-corrected chi connectivity index (χ1v) is 6.68. The van der Waals surface area contributed by atoms with Crippen molar-refractivity contribution in [3.8, 4) is 11.5 Å². The number of rotatable bonds is 4. The van der Waals surface area contributed by atoms with Crippen LogP contribution in [0.4, 0.5) is 0 Å². The fourth-order valence-corrected chi connectivity index (χ4v) is 2.18. The minimum Gasteiger partial charge on any atom is -0.457 e. The number of benzene rings is 2. The van der Waals surface area contributed by atoms with Crippen LogP contribution in [0.2, 0.25) is 5.02 Å². The van der Waals surface area contributed by atoms with Gasteiger partial charge in [0.05, 0.1) is 6.61 Å². The Labute approximate surface area is 118 Å². The van der Waals surface area contributed by atoms with Gasteiger partial charge < -0.3 is 9.84 Å². The Hall–Kier alpha value is -1.51. The lowest BCUT2D eigenvalue weighted by Gasteiger charge is -2.10. The van der Waals surface area contributed by atoms with Crippen molar-refractivity contribution in [1.82, 2.24) is 0 Å². The summed E-state index contributed by atoms with van der Waals surface area (Å²) in [6.07, 6.45) is 0.874. The van der Waals surface area contributed by atoms with E-state index in [2.05, 4.69) is 6.92 Å². The molecule has 0 saturated heterocycles. The SMILES string of the molecule is CCc1cc(Oc2ccc(CO)c(C)c2)ccc1Cl. The first-order chi connectivity index (χ1) is 9.13. The summed E-state index contributed by atoms with van der Waals surface area (Å²) < 4.78 is 5.82. The molecular weight excluding hydrogens is 260 g/mol. The molecule has 0 aliphatic heterocycles. The molecule has 0 bridgehead atoms. The fourth-order valence-electron chi connectivity index (χ4n) is 1.93. The van der Waals surface area contributed by atoms with Crippen LogP contribution in [-0.2, 0) is 13.0 Å². The Bertz CT molecular complexity index is 579. The van der Waals surface area contributed by atoms with Gasteiger partial charge in [-0.05, 0) is 60.4 Å². The van der Waals surface area contributed by atoms with E-state index in [-0.39, 0.29) is 6.61 Å². The van der Waals surface area contributed by atoms with Crippen LogP contribution in [0.5, 0.6) is 11.5 Å². The van der Waals surface area contributed by atoms with Crippen molar-refractivity contribution in [2.45, 2.75) is 26.9 Å². The molecular formula is C16H17ClO2. The number of hydrogen-bond acceptors (Lipinski definition) is 2. The highest BCUT2D eigenvalue weighted by atomic mass is 35.5. The Morgan fingerprint density at radius 3 is 2.37 bits per heavy atom. The van der Waals surface area contributed by atoms with Gasteiger partial charge in [-0.3, -0.25) is 0 Å². The molecule has 100 valence electrons. The summed E-state index contributed by atoms with van der Waals surface area (Å²) in [6.45, 7) is 4.07. The largest absolute Gasteiger partial charge is 0.457 e. The van der Waals surface area contributed by atoms with Crippen molar-refractivity contribution in [3.05, 3.63) is 58.1 Å². The van der Waals surface area contributed by atoms with E-state index in [1.165, 1.54) is 0 Å². The van der Waals surface area contributed by atoms with Crippen LogP contribution < -0.4 is 4.74 Å².